The quantitative estimate of drug-likeness (QED) is 0.817. The molecule has 17 heavy (non-hydrogen) atoms. The number of aliphatic hydroxyl groups is 1. The Labute approximate surface area is 99.9 Å². The molecule has 1 amide bonds. The second-order valence-corrected chi connectivity index (χ2v) is 3.58. The van der Waals surface area contributed by atoms with Gasteiger partial charge in [0.1, 0.15) is 6.73 Å². The molecule has 0 radical (unpaired) electrons. The summed E-state index contributed by atoms with van der Waals surface area (Å²) in [7, 11) is 0. The van der Waals surface area contributed by atoms with E-state index in [9.17, 15) is 9.90 Å². The van der Waals surface area contributed by atoms with E-state index in [1.165, 1.54) is 4.90 Å². The van der Waals surface area contributed by atoms with Crippen LogP contribution in [0.2, 0.25) is 0 Å². The molecule has 2 aromatic rings. The topological polar surface area (TPSA) is 40.5 Å². The van der Waals surface area contributed by atoms with Crippen LogP contribution in [0.1, 0.15) is 10.4 Å². The Bertz CT molecular complexity index is 482. The maximum Gasteiger partial charge on any atom is 0.260 e. The molecule has 0 heterocycles. The molecule has 0 bridgehead atoms. The molecule has 0 aromatic heterocycles. The zero-order valence-corrected chi connectivity index (χ0v) is 9.28. The molecule has 0 saturated heterocycles. The SMILES string of the molecule is O=C(c1ccccc1)N(CO)c1ccccc1. The predicted molar refractivity (Wildman–Crippen MR) is 66.8 cm³/mol. The van der Waals surface area contributed by atoms with Gasteiger partial charge in [0.05, 0.1) is 0 Å². The second-order valence-electron chi connectivity index (χ2n) is 3.58. The standard InChI is InChI=1S/C14H13NO2/c16-11-15(13-9-5-2-6-10-13)14(17)12-7-3-1-4-8-12/h1-10,16H,11H2. The Morgan fingerprint density at radius 1 is 0.941 bits per heavy atom. The lowest BCUT2D eigenvalue weighted by Crippen LogP contribution is -2.31. The summed E-state index contributed by atoms with van der Waals surface area (Å²) in [6, 6.07) is 18.0. The molecule has 0 saturated carbocycles. The van der Waals surface area contributed by atoms with E-state index < -0.39 is 0 Å². The monoisotopic (exact) mass is 227 g/mol. The molecule has 2 aromatic carbocycles. The molecular weight excluding hydrogens is 214 g/mol. The summed E-state index contributed by atoms with van der Waals surface area (Å²) in [5.41, 5.74) is 1.24. The van der Waals surface area contributed by atoms with E-state index in [1.54, 1.807) is 36.4 Å². The van der Waals surface area contributed by atoms with Crippen LogP contribution in [0.5, 0.6) is 0 Å². The number of anilines is 1. The first-order valence-electron chi connectivity index (χ1n) is 5.36. The Hall–Kier alpha value is -2.13. The molecule has 2 rings (SSSR count). The zero-order chi connectivity index (χ0) is 12.1. The fraction of sp³-hybridized carbons (Fsp3) is 0.0714. The van der Waals surface area contributed by atoms with Crippen molar-refractivity contribution < 1.29 is 9.90 Å². The molecule has 86 valence electrons. The van der Waals surface area contributed by atoms with Crippen LogP contribution in [0, 0.1) is 0 Å². The molecule has 3 nitrogen and oxygen atoms in total. The number of benzene rings is 2. The van der Waals surface area contributed by atoms with Gasteiger partial charge in [-0.3, -0.25) is 9.69 Å². The van der Waals surface area contributed by atoms with Gasteiger partial charge >= 0.3 is 0 Å². The van der Waals surface area contributed by atoms with Gasteiger partial charge < -0.3 is 5.11 Å². The summed E-state index contributed by atoms with van der Waals surface area (Å²) in [6.45, 7) is -0.336. The maximum atomic E-state index is 12.1. The normalized spacial score (nSPS) is 9.94. The van der Waals surface area contributed by atoms with E-state index in [4.69, 9.17) is 0 Å². The van der Waals surface area contributed by atoms with Crippen molar-refractivity contribution in [3.63, 3.8) is 0 Å². The Morgan fingerprint density at radius 3 is 2.00 bits per heavy atom. The van der Waals surface area contributed by atoms with Crippen LogP contribution in [0.15, 0.2) is 60.7 Å². The third-order valence-corrected chi connectivity index (χ3v) is 2.48. The minimum Gasteiger partial charge on any atom is -0.376 e. The number of aliphatic hydroxyl groups excluding tert-OH is 1. The van der Waals surface area contributed by atoms with Gasteiger partial charge in [-0.2, -0.15) is 0 Å². The van der Waals surface area contributed by atoms with Crippen molar-refractivity contribution in [1.82, 2.24) is 0 Å². The van der Waals surface area contributed by atoms with Crippen LogP contribution in [-0.4, -0.2) is 17.7 Å². The highest BCUT2D eigenvalue weighted by Gasteiger charge is 2.15. The first kappa shape index (κ1) is 11.4. The number of para-hydroxylation sites is 1. The summed E-state index contributed by atoms with van der Waals surface area (Å²) in [5.74, 6) is -0.209. The van der Waals surface area contributed by atoms with Crippen LogP contribution >= 0.6 is 0 Å². The lowest BCUT2D eigenvalue weighted by Gasteiger charge is -2.19. The van der Waals surface area contributed by atoms with Gasteiger partial charge in [-0.1, -0.05) is 36.4 Å². The number of nitrogens with zero attached hydrogens (tertiary/aromatic N) is 1. The molecule has 0 aliphatic rings. The molecule has 0 unspecified atom stereocenters. The van der Waals surface area contributed by atoms with Crippen LogP contribution in [0.25, 0.3) is 0 Å². The first-order valence-corrected chi connectivity index (χ1v) is 5.36. The van der Waals surface area contributed by atoms with E-state index >= 15 is 0 Å². The average Bonchev–Trinajstić information content (AvgIpc) is 2.42. The van der Waals surface area contributed by atoms with Gasteiger partial charge in [0.15, 0.2) is 0 Å². The number of hydrogen-bond donors (Lipinski definition) is 1. The highest BCUT2D eigenvalue weighted by atomic mass is 16.3. The zero-order valence-electron chi connectivity index (χ0n) is 9.28. The molecule has 0 fully saturated rings. The van der Waals surface area contributed by atoms with Gasteiger partial charge in [0, 0.05) is 11.3 Å². The van der Waals surface area contributed by atoms with Crippen LogP contribution in [-0.2, 0) is 0 Å². The number of carbonyl (C=O) groups is 1. The third kappa shape index (κ3) is 2.52. The minimum absolute atomic E-state index is 0.209. The molecule has 0 aliphatic carbocycles. The molecular formula is C14H13NO2. The number of carbonyl (C=O) groups excluding carboxylic acids is 1. The van der Waals surface area contributed by atoms with Crippen LogP contribution < -0.4 is 4.90 Å². The largest absolute Gasteiger partial charge is 0.376 e. The minimum atomic E-state index is -0.336. The van der Waals surface area contributed by atoms with Gasteiger partial charge in [0.2, 0.25) is 0 Å². The summed E-state index contributed by atoms with van der Waals surface area (Å²) in [6.07, 6.45) is 0. The number of amides is 1. The van der Waals surface area contributed by atoms with E-state index in [-0.39, 0.29) is 12.6 Å². The van der Waals surface area contributed by atoms with Crippen molar-refractivity contribution in [3.05, 3.63) is 66.2 Å². The fourth-order valence-electron chi connectivity index (χ4n) is 1.61. The lowest BCUT2D eigenvalue weighted by molar-refractivity contribution is 0.0960. The van der Waals surface area contributed by atoms with Crippen molar-refractivity contribution in [2.75, 3.05) is 11.6 Å². The Morgan fingerprint density at radius 2 is 1.47 bits per heavy atom. The molecule has 0 spiro atoms. The van der Waals surface area contributed by atoms with Gasteiger partial charge in [-0.25, -0.2) is 0 Å². The Kier molecular flexibility index (Phi) is 3.52. The third-order valence-electron chi connectivity index (χ3n) is 2.48. The highest BCUT2D eigenvalue weighted by Crippen LogP contribution is 2.15. The van der Waals surface area contributed by atoms with Gasteiger partial charge in [-0.05, 0) is 24.3 Å². The highest BCUT2D eigenvalue weighted by molar-refractivity contribution is 6.05. The summed E-state index contributed by atoms with van der Waals surface area (Å²) in [4.78, 5) is 13.5. The van der Waals surface area contributed by atoms with Crippen molar-refractivity contribution in [3.8, 4) is 0 Å². The molecule has 0 atom stereocenters. The molecule has 1 N–H and O–H groups in total. The lowest BCUT2D eigenvalue weighted by atomic mass is 10.2. The second kappa shape index (κ2) is 5.27. The number of hydrogen-bond acceptors (Lipinski definition) is 2. The van der Waals surface area contributed by atoms with Crippen molar-refractivity contribution in [2.45, 2.75) is 0 Å². The summed E-state index contributed by atoms with van der Waals surface area (Å²) in [5, 5.41) is 9.32. The number of rotatable bonds is 3. The van der Waals surface area contributed by atoms with E-state index in [0.717, 1.165) is 0 Å². The van der Waals surface area contributed by atoms with Crippen LogP contribution in [0.3, 0.4) is 0 Å². The molecule has 0 aliphatic heterocycles. The van der Waals surface area contributed by atoms with Crippen molar-refractivity contribution in [1.29, 1.82) is 0 Å². The van der Waals surface area contributed by atoms with Crippen molar-refractivity contribution in [2.24, 2.45) is 0 Å². The van der Waals surface area contributed by atoms with E-state index in [0.29, 0.717) is 11.3 Å². The van der Waals surface area contributed by atoms with Crippen LogP contribution in [0.4, 0.5) is 5.69 Å². The van der Waals surface area contributed by atoms with Gasteiger partial charge in [0.25, 0.3) is 5.91 Å². The fourth-order valence-corrected chi connectivity index (χ4v) is 1.61. The first-order chi connectivity index (χ1) is 8.33. The predicted octanol–water partition coefficient (Wildman–Crippen LogP) is 2.28. The van der Waals surface area contributed by atoms with Gasteiger partial charge in [-0.15, -0.1) is 0 Å². The molecule has 3 heteroatoms. The Balaban J connectivity index is 2.29. The van der Waals surface area contributed by atoms with E-state index in [1.807, 2.05) is 24.3 Å². The summed E-state index contributed by atoms with van der Waals surface area (Å²) >= 11 is 0. The average molecular weight is 227 g/mol. The summed E-state index contributed by atoms with van der Waals surface area (Å²) < 4.78 is 0. The smallest absolute Gasteiger partial charge is 0.260 e. The van der Waals surface area contributed by atoms with E-state index in [2.05, 4.69) is 0 Å². The maximum absolute atomic E-state index is 12.1. The van der Waals surface area contributed by atoms with Crippen molar-refractivity contribution >= 4 is 11.6 Å².